The quantitative estimate of drug-likeness (QED) is 0.894. The molecule has 1 aliphatic heterocycles. The Balaban J connectivity index is 2.12. The Hall–Kier alpha value is -0.930. The van der Waals surface area contributed by atoms with Gasteiger partial charge in [-0.2, -0.15) is 0 Å². The molecule has 1 aromatic carbocycles. The summed E-state index contributed by atoms with van der Waals surface area (Å²) in [6.07, 6.45) is 1.21. The molecule has 1 saturated heterocycles. The minimum Gasteiger partial charge on any atom is -0.316 e. The van der Waals surface area contributed by atoms with E-state index in [0.29, 0.717) is 5.92 Å². The van der Waals surface area contributed by atoms with E-state index in [-0.39, 0.29) is 5.41 Å². The third kappa shape index (κ3) is 1.77. The number of aryl methyl sites for hydroxylation is 1. The van der Waals surface area contributed by atoms with Crippen LogP contribution < -0.4 is 5.32 Å². The Morgan fingerprint density at radius 2 is 2.22 bits per heavy atom. The molecular formula is C15H20N2S. The number of rotatable bonds is 2. The van der Waals surface area contributed by atoms with Crippen LogP contribution >= 0.6 is 11.3 Å². The van der Waals surface area contributed by atoms with E-state index in [4.69, 9.17) is 4.98 Å². The fourth-order valence-corrected chi connectivity index (χ4v) is 4.31. The monoisotopic (exact) mass is 260 g/mol. The molecule has 1 atom stereocenters. The van der Waals surface area contributed by atoms with Crippen molar-refractivity contribution >= 4 is 21.6 Å². The zero-order valence-electron chi connectivity index (χ0n) is 11.3. The van der Waals surface area contributed by atoms with E-state index >= 15 is 0 Å². The number of fused-ring (bicyclic) bond motifs is 1. The van der Waals surface area contributed by atoms with Gasteiger partial charge in [0.15, 0.2) is 0 Å². The van der Waals surface area contributed by atoms with Crippen molar-refractivity contribution in [2.24, 2.45) is 5.92 Å². The SMILES string of the molecule is Cc1ccc2nc(C3(C(C)C)CCNC3)sc2c1. The molecular weight excluding hydrogens is 240 g/mol. The van der Waals surface area contributed by atoms with E-state index in [1.807, 2.05) is 11.3 Å². The van der Waals surface area contributed by atoms with Crippen LogP contribution in [0.2, 0.25) is 0 Å². The van der Waals surface area contributed by atoms with E-state index in [9.17, 15) is 0 Å². The van der Waals surface area contributed by atoms with Gasteiger partial charge in [0.25, 0.3) is 0 Å². The van der Waals surface area contributed by atoms with Crippen molar-refractivity contribution in [2.75, 3.05) is 13.1 Å². The molecule has 0 aliphatic carbocycles. The van der Waals surface area contributed by atoms with E-state index in [0.717, 1.165) is 18.6 Å². The molecule has 2 heterocycles. The first-order valence-electron chi connectivity index (χ1n) is 6.70. The van der Waals surface area contributed by atoms with Gasteiger partial charge in [0.2, 0.25) is 0 Å². The van der Waals surface area contributed by atoms with Crippen LogP contribution in [0.25, 0.3) is 10.2 Å². The van der Waals surface area contributed by atoms with Crippen molar-refractivity contribution in [1.82, 2.24) is 10.3 Å². The average molecular weight is 260 g/mol. The lowest BCUT2D eigenvalue weighted by molar-refractivity contribution is 0.336. The maximum Gasteiger partial charge on any atom is 0.102 e. The normalized spacial score (nSPS) is 24.2. The number of benzene rings is 1. The summed E-state index contributed by atoms with van der Waals surface area (Å²) >= 11 is 1.88. The maximum absolute atomic E-state index is 4.91. The second kappa shape index (κ2) is 4.32. The van der Waals surface area contributed by atoms with Gasteiger partial charge < -0.3 is 5.32 Å². The molecule has 0 bridgehead atoms. The third-order valence-electron chi connectivity index (χ3n) is 4.26. The van der Waals surface area contributed by atoms with Gasteiger partial charge >= 0.3 is 0 Å². The van der Waals surface area contributed by atoms with Crippen LogP contribution in [0.5, 0.6) is 0 Å². The number of hydrogen-bond acceptors (Lipinski definition) is 3. The number of thiazole rings is 1. The second-order valence-corrected chi connectivity index (χ2v) is 6.76. The molecule has 3 rings (SSSR count). The van der Waals surface area contributed by atoms with Gasteiger partial charge in [-0.3, -0.25) is 0 Å². The van der Waals surface area contributed by atoms with Crippen molar-refractivity contribution in [3.05, 3.63) is 28.8 Å². The van der Waals surface area contributed by atoms with Crippen LogP contribution in [0.4, 0.5) is 0 Å². The van der Waals surface area contributed by atoms with Crippen LogP contribution in [-0.4, -0.2) is 18.1 Å². The Morgan fingerprint density at radius 1 is 1.39 bits per heavy atom. The van der Waals surface area contributed by atoms with Crippen LogP contribution in [-0.2, 0) is 5.41 Å². The summed E-state index contributed by atoms with van der Waals surface area (Å²) in [6, 6.07) is 6.56. The second-order valence-electron chi connectivity index (χ2n) is 5.73. The fraction of sp³-hybridized carbons (Fsp3) is 0.533. The molecule has 1 N–H and O–H groups in total. The van der Waals surface area contributed by atoms with Crippen LogP contribution in [0.3, 0.4) is 0 Å². The molecule has 0 saturated carbocycles. The first kappa shape index (κ1) is 12.1. The molecule has 1 aromatic heterocycles. The predicted octanol–water partition coefficient (Wildman–Crippen LogP) is 3.49. The number of aromatic nitrogens is 1. The molecule has 0 radical (unpaired) electrons. The number of hydrogen-bond donors (Lipinski definition) is 1. The summed E-state index contributed by atoms with van der Waals surface area (Å²) in [5.41, 5.74) is 2.73. The summed E-state index contributed by atoms with van der Waals surface area (Å²) < 4.78 is 1.33. The molecule has 96 valence electrons. The topological polar surface area (TPSA) is 24.9 Å². The molecule has 2 nitrogen and oxygen atoms in total. The maximum atomic E-state index is 4.91. The largest absolute Gasteiger partial charge is 0.316 e. The molecule has 0 amide bonds. The third-order valence-corrected chi connectivity index (χ3v) is 5.50. The van der Waals surface area contributed by atoms with Crippen LogP contribution in [0, 0.1) is 12.8 Å². The zero-order chi connectivity index (χ0) is 12.8. The van der Waals surface area contributed by atoms with Gasteiger partial charge in [-0.25, -0.2) is 4.98 Å². The Kier molecular flexibility index (Phi) is 2.91. The van der Waals surface area contributed by atoms with Crippen molar-refractivity contribution < 1.29 is 0 Å². The van der Waals surface area contributed by atoms with Gasteiger partial charge in [0.05, 0.1) is 10.2 Å². The lowest BCUT2D eigenvalue weighted by Gasteiger charge is -2.30. The summed E-state index contributed by atoms with van der Waals surface area (Å²) in [5, 5.41) is 4.84. The highest BCUT2D eigenvalue weighted by Gasteiger charge is 2.41. The molecule has 1 fully saturated rings. The Labute approximate surface area is 112 Å². The van der Waals surface area contributed by atoms with Gasteiger partial charge in [-0.15, -0.1) is 11.3 Å². The van der Waals surface area contributed by atoms with E-state index in [2.05, 4.69) is 44.3 Å². The molecule has 0 spiro atoms. The lowest BCUT2D eigenvalue weighted by Crippen LogP contribution is -2.34. The van der Waals surface area contributed by atoms with Crippen LogP contribution in [0.1, 0.15) is 30.8 Å². The van der Waals surface area contributed by atoms with Gasteiger partial charge in [0.1, 0.15) is 5.01 Å². The minimum absolute atomic E-state index is 0.248. The van der Waals surface area contributed by atoms with Crippen molar-refractivity contribution in [2.45, 2.75) is 32.6 Å². The van der Waals surface area contributed by atoms with E-state index < -0.39 is 0 Å². The highest BCUT2D eigenvalue weighted by Crippen LogP contribution is 2.41. The highest BCUT2D eigenvalue weighted by molar-refractivity contribution is 7.18. The molecule has 3 heteroatoms. The van der Waals surface area contributed by atoms with Gasteiger partial charge in [-0.1, -0.05) is 19.9 Å². The van der Waals surface area contributed by atoms with E-state index in [1.54, 1.807) is 0 Å². The van der Waals surface area contributed by atoms with Gasteiger partial charge in [0, 0.05) is 12.0 Å². The summed E-state index contributed by atoms with van der Waals surface area (Å²) in [5.74, 6) is 0.633. The molecule has 18 heavy (non-hydrogen) atoms. The summed E-state index contributed by atoms with van der Waals surface area (Å²) in [6.45, 7) is 8.99. The van der Waals surface area contributed by atoms with Crippen molar-refractivity contribution in [3.8, 4) is 0 Å². The first-order chi connectivity index (χ1) is 8.62. The Morgan fingerprint density at radius 3 is 2.89 bits per heavy atom. The zero-order valence-corrected chi connectivity index (χ0v) is 12.1. The number of nitrogens with zero attached hydrogens (tertiary/aromatic N) is 1. The molecule has 1 aliphatic rings. The molecule has 2 aromatic rings. The fourth-order valence-electron chi connectivity index (χ4n) is 2.88. The standard InChI is InChI=1S/C15H20N2S/c1-10(2)15(6-7-16-9-15)14-17-12-5-4-11(3)8-13(12)18-14/h4-5,8,10,16H,6-7,9H2,1-3H3. The smallest absolute Gasteiger partial charge is 0.102 e. The average Bonchev–Trinajstić information content (AvgIpc) is 2.94. The number of nitrogens with one attached hydrogen (secondary N) is 1. The van der Waals surface area contributed by atoms with Crippen molar-refractivity contribution in [3.63, 3.8) is 0 Å². The van der Waals surface area contributed by atoms with E-state index in [1.165, 1.54) is 21.7 Å². The lowest BCUT2D eigenvalue weighted by atomic mass is 9.77. The summed E-state index contributed by atoms with van der Waals surface area (Å²) in [4.78, 5) is 4.91. The summed E-state index contributed by atoms with van der Waals surface area (Å²) in [7, 11) is 0. The minimum atomic E-state index is 0.248. The first-order valence-corrected chi connectivity index (χ1v) is 7.52. The van der Waals surface area contributed by atoms with Gasteiger partial charge in [-0.05, 0) is 43.5 Å². The van der Waals surface area contributed by atoms with Crippen LogP contribution in [0.15, 0.2) is 18.2 Å². The Bertz CT molecular complexity index is 565. The van der Waals surface area contributed by atoms with Crippen molar-refractivity contribution in [1.29, 1.82) is 0 Å². The highest BCUT2D eigenvalue weighted by atomic mass is 32.1. The predicted molar refractivity (Wildman–Crippen MR) is 78.4 cm³/mol. The molecule has 1 unspecified atom stereocenters.